The van der Waals surface area contributed by atoms with Gasteiger partial charge in [-0.05, 0) is 45.9 Å². The van der Waals surface area contributed by atoms with E-state index in [2.05, 4.69) is 205 Å². The van der Waals surface area contributed by atoms with E-state index in [4.69, 9.17) is 9.97 Å². The van der Waals surface area contributed by atoms with Gasteiger partial charge >= 0.3 is 0 Å². The first-order valence-corrected chi connectivity index (χ1v) is 22.2. The highest BCUT2D eigenvalue weighted by Gasteiger charge is 2.51. The number of fused-ring (bicyclic) bond motifs is 10. The zero-order valence-corrected chi connectivity index (χ0v) is 32.6. The summed E-state index contributed by atoms with van der Waals surface area (Å²) in [6.07, 6.45) is 0. The van der Waals surface area contributed by atoms with Crippen LogP contribution in [0.25, 0.3) is 81.6 Å². The summed E-state index contributed by atoms with van der Waals surface area (Å²) in [5.74, 6) is 0.735. The fraction of sp³-hybridized carbons (Fsp3) is 0. The van der Waals surface area contributed by atoms with Gasteiger partial charge in [0, 0.05) is 58.5 Å². The van der Waals surface area contributed by atoms with Crippen LogP contribution in [0, 0.1) is 0 Å². The quantitative estimate of drug-likeness (QED) is 0.164. The van der Waals surface area contributed by atoms with E-state index in [0.717, 1.165) is 34.0 Å². The van der Waals surface area contributed by atoms with Crippen LogP contribution in [-0.2, 0) is 0 Å². The molecule has 1 aliphatic rings. The van der Waals surface area contributed by atoms with E-state index in [1.54, 1.807) is 0 Å². The molecule has 8 aromatic carbocycles. The third-order valence-corrected chi connectivity index (χ3v) is 17.9. The number of nitrogens with zero attached hydrogens (tertiary/aromatic N) is 3. The second-order valence-corrected chi connectivity index (χ2v) is 19.6. The smallest absolute Gasteiger partial charge is 0.185 e. The number of benzene rings is 8. The minimum absolute atomic E-state index is 0.735. The molecule has 3 nitrogen and oxygen atoms in total. The first-order valence-electron chi connectivity index (χ1n) is 19.4. The number of aromatic nitrogens is 3. The largest absolute Gasteiger partial charge is 0.309 e. The van der Waals surface area contributed by atoms with Crippen LogP contribution in [0.4, 0.5) is 0 Å². The minimum Gasteiger partial charge on any atom is -0.309 e. The Morgan fingerprint density at radius 2 is 1.09 bits per heavy atom. The Hall–Kier alpha value is -6.92. The lowest BCUT2D eigenvalue weighted by Gasteiger charge is -2.32. The Morgan fingerprint density at radius 1 is 0.456 bits per heavy atom. The van der Waals surface area contributed by atoms with Crippen LogP contribution in [-0.4, -0.2) is 22.6 Å². The van der Waals surface area contributed by atoms with Crippen molar-refractivity contribution in [2.75, 3.05) is 0 Å². The van der Waals surface area contributed by atoms with E-state index in [9.17, 15) is 0 Å². The standard InChI is InChI=1S/C52H33N3SSi/c1-4-17-34(18-5-1)52-53-48(51-49(54-52)42-27-12-15-30-46(42)57(51,37-21-6-2-7-22-37)38-23-8-3-9-24-38)35-19-16-20-36(33-35)55-43-28-13-10-25-39(43)40-31-32-45-47(50(40)55)41-26-11-14-29-44(41)56-45/h1-33H. The first-order chi connectivity index (χ1) is 28.3. The molecule has 0 bridgehead atoms. The zero-order valence-electron chi connectivity index (χ0n) is 30.8. The predicted octanol–water partition coefficient (Wildman–Crippen LogP) is 10.6. The third kappa shape index (κ3) is 4.64. The van der Waals surface area contributed by atoms with Crippen LogP contribution in [0.5, 0.6) is 0 Å². The van der Waals surface area contributed by atoms with Gasteiger partial charge in [0.1, 0.15) is 0 Å². The maximum atomic E-state index is 5.66. The maximum absolute atomic E-state index is 5.66. The van der Waals surface area contributed by atoms with Crippen molar-refractivity contribution in [3.8, 4) is 39.6 Å². The molecule has 266 valence electrons. The average Bonchev–Trinajstić information content (AvgIpc) is 3.94. The molecule has 0 amide bonds. The normalized spacial score (nSPS) is 13.1. The fourth-order valence-corrected chi connectivity index (χ4v) is 15.9. The van der Waals surface area contributed by atoms with Crippen LogP contribution in [0.1, 0.15) is 0 Å². The van der Waals surface area contributed by atoms with Gasteiger partial charge in [0.15, 0.2) is 13.9 Å². The van der Waals surface area contributed by atoms with Gasteiger partial charge in [0.25, 0.3) is 0 Å². The fourth-order valence-electron chi connectivity index (χ4n) is 9.56. The second-order valence-electron chi connectivity index (χ2n) is 14.8. The second kappa shape index (κ2) is 12.5. The molecule has 11 aromatic rings. The van der Waals surface area contributed by atoms with Gasteiger partial charge < -0.3 is 4.57 Å². The van der Waals surface area contributed by atoms with Crippen molar-refractivity contribution in [3.63, 3.8) is 0 Å². The highest BCUT2D eigenvalue weighted by atomic mass is 32.1. The summed E-state index contributed by atoms with van der Waals surface area (Å²) < 4.78 is 5.09. The highest BCUT2D eigenvalue weighted by Crippen LogP contribution is 2.43. The number of para-hydroxylation sites is 1. The Morgan fingerprint density at radius 3 is 1.88 bits per heavy atom. The van der Waals surface area contributed by atoms with Crippen LogP contribution >= 0.6 is 11.3 Å². The van der Waals surface area contributed by atoms with Crippen molar-refractivity contribution in [1.29, 1.82) is 0 Å². The van der Waals surface area contributed by atoms with Crippen molar-refractivity contribution in [2.24, 2.45) is 0 Å². The topological polar surface area (TPSA) is 30.7 Å². The van der Waals surface area contributed by atoms with Crippen molar-refractivity contribution < 1.29 is 0 Å². The van der Waals surface area contributed by atoms with E-state index in [0.29, 0.717) is 0 Å². The molecule has 12 rings (SSSR count). The number of hydrogen-bond acceptors (Lipinski definition) is 3. The molecule has 1 aliphatic heterocycles. The molecule has 0 radical (unpaired) electrons. The molecule has 0 saturated heterocycles. The van der Waals surface area contributed by atoms with Gasteiger partial charge in [-0.1, -0.05) is 170 Å². The molecule has 4 heterocycles. The molecular formula is C52H33N3SSi. The van der Waals surface area contributed by atoms with Gasteiger partial charge in [-0.2, -0.15) is 0 Å². The summed E-state index contributed by atoms with van der Waals surface area (Å²) in [5.41, 5.74) is 8.83. The molecule has 0 aliphatic carbocycles. The van der Waals surface area contributed by atoms with E-state index in [-0.39, 0.29) is 0 Å². The zero-order chi connectivity index (χ0) is 37.5. The molecule has 3 aromatic heterocycles. The highest BCUT2D eigenvalue weighted by molar-refractivity contribution is 7.26. The summed E-state index contributed by atoms with van der Waals surface area (Å²) in [6.45, 7) is 0. The molecule has 0 N–H and O–H groups in total. The lowest BCUT2D eigenvalue weighted by molar-refractivity contribution is 1.18. The third-order valence-electron chi connectivity index (χ3n) is 11.9. The van der Waals surface area contributed by atoms with Gasteiger partial charge in [0.2, 0.25) is 0 Å². The summed E-state index contributed by atoms with van der Waals surface area (Å²) in [5, 5.41) is 10.4. The minimum atomic E-state index is -2.94. The van der Waals surface area contributed by atoms with Crippen molar-refractivity contribution in [3.05, 3.63) is 200 Å². The van der Waals surface area contributed by atoms with Crippen LogP contribution < -0.4 is 20.7 Å². The van der Waals surface area contributed by atoms with Crippen molar-refractivity contribution in [2.45, 2.75) is 0 Å². The molecule has 0 spiro atoms. The summed E-state index contributed by atoms with van der Waals surface area (Å²) in [6, 6.07) is 73.1. The Labute approximate surface area is 334 Å². The van der Waals surface area contributed by atoms with E-state index in [1.807, 2.05) is 11.3 Å². The first kappa shape index (κ1) is 32.3. The number of thiophene rings is 1. The summed E-state index contributed by atoms with van der Waals surface area (Å²) in [7, 11) is -2.94. The van der Waals surface area contributed by atoms with E-state index < -0.39 is 8.07 Å². The average molecular weight is 760 g/mol. The molecule has 0 atom stereocenters. The molecular weight excluding hydrogens is 727 g/mol. The molecule has 57 heavy (non-hydrogen) atoms. The molecule has 0 fully saturated rings. The lowest BCUT2D eigenvalue weighted by Crippen LogP contribution is -2.73. The maximum Gasteiger partial charge on any atom is 0.185 e. The van der Waals surface area contributed by atoms with Crippen LogP contribution in [0.3, 0.4) is 0 Å². The van der Waals surface area contributed by atoms with Crippen molar-refractivity contribution >= 4 is 82.1 Å². The Balaban J connectivity index is 1.21. The lowest BCUT2D eigenvalue weighted by atomic mass is 10.1. The van der Waals surface area contributed by atoms with Gasteiger partial charge in [-0.25, -0.2) is 9.97 Å². The van der Waals surface area contributed by atoms with Crippen molar-refractivity contribution in [1.82, 2.24) is 14.5 Å². The predicted molar refractivity (Wildman–Crippen MR) is 243 cm³/mol. The van der Waals surface area contributed by atoms with Gasteiger partial charge in [-0.15, -0.1) is 11.3 Å². The van der Waals surface area contributed by atoms with Crippen LogP contribution in [0.15, 0.2) is 200 Å². The summed E-state index contributed by atoms with van der Waals surface area (Å²) in [4.78, 5) is 11.2. The molecule has 5 heteroatoms. The monoisotopic (exact) mass is 759 g/mol. The number of hydrogen-bond donors (Lipinski definition) is 0. The van der Waals surface area contributed by atoms with E-state index >= 15 is 0 Å². The van der Waals surface area contributed by atoms with Gasteiger partial charge in [-0.3, -0.25) is 0 Å². The summed E-state index contributed by atoms with van der Waals surface area (Å²) >= 11 is 1.87. The van der Waals surface area contributed by atoms with Crippen LogP contribution in [0.2, 0.25) is 0 Å². The Bertz CT molecular complexity index is 3310. The molecule has 0 saturated carbocycles. The SMILES string of the molecule is c1ccc(-c2nc(-c3cccc(-n4c5ccccc5c5ccc6sc7ccccc7c6c54)c3)c3c(n2)-c2ccccc2[Si]3(c2ccccc2)c2ccccc2)cc1. The number of rotatable bonds is 5. The Kier molecular flexibility index (Phi) is 7.12. The van der Waals surface area contributed by atoms with Gasteiger partial charge in [0.05, 0.1) is 22.4 Å². The van der Waals surface area contributed by atoms with E-state index in [1.165, 1.54) is 68.3 Å². The molecule has 0 unspecified atom stereocenters.